The van der Waals surface area contributed by atoms with Crippen molar-refractivity contribution in [2.75, 3.05) is 7.11 Å². The highest BCUT2D eigenvalue weighted by atomic mass is 35.5. The highest BCUT2D eigenvalue weighted by Gasteiger charge is 2.15. The number of ether oxygens (including phenoxy) is 1. The number of benzene rings is 1. The third kappa shape index (κ3) is 2.78. The number of aromatic nitrogens is 2. The largest absolute Gasteiger partial charge is 0.496 e. The van der Waals surface area contributed by atoms with Gasteiger partial charge in [0, 0.05) is 29.4 Å². The molecule has 0 aliphatic heterocycles. The molecule has 0 bridgehead atoms. The van der Waals surface area contributed by atoms with E-state index in [-0.39, 0.29) is 0 Å². The number of halogens is 1. The molecule has 0 fully saturated rings. The second-order valence-corrected chi connectivity index (χ2v) is 4.08. The van der Waals surface area contributed by atoms with E-state index >= 15 is 0 Å². The first-order chi connectivity index (χ1) is 8.20. The monoisotopic (exact) mass is 252 g/mol. The van der Waals surface area contributed by atoms with Crippen molar-refractivity contribution in [2.24, 2.45) is 0 Å². The van der Waals surface area contributed by atoms with Gasteiger partial charge in [-0.15, -0.1) is 0 Å². The van der Waals surface area contributed by atoms with Gasteiger partial charge in [-0.3, -0.25) is 0 Å². The molecule has 1 aromatic heterocycles. The van der Waals surface area contributed by atoms with Crippen LogP contribution in [0.1, 0.15) is 17.5 Å². The standard InChI is InChI=1S/C12H13ClN2O2/c1-17-11-6-8(13)2-3-9(11)10(16)7-12-14-4-5-15-12/h2-6,10,16H,7H2,1H3,(H,14,15). The Morgan fingerprint density at radius 3 is 3.00 bits per heavy atom. The number of aliphatic hydroxyl groups is 1. The van der Waals surface area contributed by atoms with E-state index in [1.165, 1.54) is 0 Å². The molecule has 2 aromatic rings. The number of rotatable bonds is 4. The predicted molar refractivity (Wildman–Crippen MR) is 65.3 cm³/mol. The minimum absolute atomic E-state index is 0.408. The number of methoxy groups -OCH3 is 1. The maximum Gasteiger partial charge on any atom is 0.126 e. The van der Waals surface area contributed by atoms with Crippen LogP contribution < -0.4 is 4.74 Å². The van der Waals surface area contributed by atoms with E-state index in [1.807, 2.05) is 0 Å². The smallest absolute Gasteiger partial charge is 0.126 e. The summed E-state index contributed by atoms with van der Waals surface area (Å²) in [6, 6.07) is 5.17. The summed E-state index contributed by atoms with van der Waals surface area (Å²) >= 11 is 5.86. The molecule has 0 amide bonds. The van der Waals surface area contributed by atoms with Crippen LogP contribution in [0.5, 0.6) is 5.75 Å². The first kappa shape index (κ1) is 12.0. The molecule has 0 aliphatic carbocycles. The summed E-state index contributed by atoms with van der Waals surface area (Å²) in [6.07, 6.45) is 3.11. The zero-order chi connectivity index (χ0) is 12.3. The SMILES string of the molecule is COc1cc(Cl)ccc1C(O)Cc1ncc[nH]1. The molecular weight excluding hydrogens is 240 g/mol. The highest BCUT2D eigenvalue weighted by molar-refractivity contribution is 6.30. The Morgan fingerprint density at radius 2 is 2.35 bits per heavy atom. The van der Waals surface area contributed by atoms with Crippen LogP contribution >= 0.6 is 11.6 Å². The topological polar surface area (TPSA) is 58.1 Å². The van der Waals surface area contributed by atoms with Gasteiger partial charge in [-0.1, -0.05) is 17.7 Å². The average Bonchev–Trinajstić information content (AvgIpc) is 2.81. The van der Waals surface area contributed by atoms with Crippen LogP contribution in [-0.2, 0) is 6.42 Å². The summed E-state index contributed by atoms with van der Waals surface area (Å²) in [6.45, 7) is 0. The number of nitrogens with one attached hydrogen (secondary N) is 1. The number of aromatic amines is 1. The first-order valence-corrected chi connectivity index (χ1v) is 5.58. The lowest BCUT2D eigenvalue weighted by Crippen LogP contribution is -2.05. The summed E-state index contributed by atoms with van der Waals surface area (Å²) in [5, 5.41) is 10.7. The maximum absolute atomic E-state index is 10.1. The average molecular weight is 253 g/mol. The van der Waals surface area contributed by atoms with Gasteiger partial charge in [-0.2, -0.15) is 0 Å². The van der Waals surface area contributed by atoms with Crippen LogP contribution in [0.25, 0.3) is 0 Å². The molecule has 1 aromatic carbocycles. The Hall–Kier alpha value is -1.52. The van der Waals surface area contributed by atoms with Crippen molar-refractivity contribution in [1.82, 2.24) is 9.97 Å². The molecule has 5 heteroatoms. The predicted octanol–water partition coefficient (Wildman–Crippen LogP) is 2.35. The fourth-order valence-electron chi connectivity index (χ4n) is 1.66. The van der Waals surface area contributed by atoms with Crippen molar-refractivity contribution < 1.29 is 9.84 Å². The van der Waals surface area contributed by atoms with Gasteiger partial charge in [0.2, 0.25) is 0 Å². The Kier molecular flexibility index (Phi) is 3.66. The maximum atomic E-state index is 10.1. The third-order valence-electron chi connectivity index (χ3n) is 2.50. The number of hydrogen-bond donors (Lipinski definition) is 2. The van der Waals surface area contributed by atoms with Crippen molar-refractivity contribution in [3.8, 4) is 5.75 Å². The molecule has 2 rings (SSSR count). The highest BCUT2D eigenvalue weighted by Crippen LogP contribution is 2.29. The van der Waals surface area contributed by atoms with Gasteiger partial charge >= 0.3 is 0 Å². The van der Waals surface area contributed by atoms with Crippen LogP contribution in [0, 0.1) is 0 Å². The molecule has 0 radical (unpaired) electrons. The van der Waals surface area contributed by atoms with Crippen molar-refractivity contribution in [2.45, 2.75) is 12.5 Å². The van der Waals surface area contributed by atoms with Crippen LogP contribution in [-0.4, -0.2) is 22.2 Å². The molecule has 90 valence electrons. The van der Waals surface area contributed by atoms with Gasteiger partial charge in [-0.25, -0.2) is 4.98 Å². The van der Waals surface area contributed by atoms with Gasteiger partial charge in [0.25, 0.3) is 0 Å². The van der Waals surface area contributed by atoms with Crippen LogP contribution in [0.3, 0.4) is 0 Å². The van der Waals surface area contributed by atoms with Gasteiger partial charge < -0.3 is 14.8 Å². The normalized spacial score (nSPS) is 12.4. The van der Waals surface area contributed by atoms with E-state index in [9.17, 15) is 5.11 Å². The zero-order valence-electron chi connectivity index (χ0n) is 9.35. The number of hydrogen-bond acceptors (Lipinski definition) is 3. The van der Waals surface area contributed by atoms with Crippen LogP contribution in [0.4, 0.5) is 0 Å². The van der Waals surface area contributed by atoms with Gasteiger partial charge in [0.05, 0.1) is 13.2 Å². The molecule has 4 nitrogen and oxygen atoms in total. The van der Waals surface area contributed by atoms with E-state index in [0.29, 0.717) is 22.8 Å². The Morgan fingerprint density at radius 1 is 1.53 bits per heavy atom. The van der Waals surface area contributed by atoms with Crippen molar-refractivity contribution in [3.05, 3.63) is 47.0 Å². The molecule has 0 saturated heterocycles. The molecule has 2 N–H and O–H groups in total. The minimum atomic E-state index is -0.673. The number of aliphatic hydroxyl groups excluding tert-OH is 1. The van der Waals surface area contributed by atoms with E-state index in [1.54, 1.807) is 37.7 Å². The van der Waals surface area contributed by atoms with E-state index in [4.69, 9.17) is 16.3 Å². The lowest BCUT2D eigenvalue weighted by Gasteiger charge is -2.14. The molecule has 0 aliphatic rings. The lowest BCUT2D eigenvalue weighted by atomic mass is 10.1. The summed E-state index contributed by atoms with van der Waals surface area (Å²) in [5.74, 6) is 1.31. The Bertz CT molecular complexity index is 485. The minimum Gasteiger partial charge on any atom is -0.496 e. The van der Waals surface area contributed by atoms with E-state index < -0.39 is 6.10 Å². The molecule has 1 atom stereocenters. The number of H-pyrrole nitrogens is 1. The van der Waals surface area contributed by atoms with Crippen LogP contribution in [0.15, 0.2) is 30.6 Å². The summed E-state index contributed by atoms with van der Waals surface area (Å²) in [7, 11) is 1.55. The van der Waals surface area contributed by atoms with Crippen molar-refractivity contribution >= 4 is 11.6 Å². The second-order valence-electron chi connectivity index (χ2n) is 3.64. The van der Waals surface area contributed by atoms with Gasteiger partial charge in [0.15, 0.2) is 0 Å². The molecule has 17 heavy (non-hydrogen) atoms. The first-order valence-electron chi connectivity index (χ1n) is 5.20. The van der Waals surface area contributed by atoms with Crippen molar-refractivity contribution in [3.63, 3.8) is 0 Å². The molecule has 0 saturated carbocycles. The van der Waals surface area contributed by atoms with Crippen LogP contribution in [0.2, 0.25) is 5.02 Å². The summed E-state index contributed by atoms with van der Waals surface area (Å²) < 4.78 is 5.19. The van der Waals surface area contributed by atoms with Gasteiger partial charge in [0.1, 0.15) is 11.6 Å². The summed E-state index contributed by atoms with van der Waals surface area (Å²) in [4.78, 5) is 7.02. The number of imidazole rings is 1. The fourth-order valence-corrected chi connectivity index (χ4v) is 1.83. The van der Waals surface area contributed by atoms with Gasteiger partial charge in [-0.05, 0) is 12.1 Å². The van der Waals surface area contributed by atoms with Crippen molar-refractivity contribution in [1.29, 1.82) is 0 Å². The van der Waals surface area contributed by atoms with E-state index in [2.05, 4.69) is 9.97 Å². The van der Waals surface area contributed by atoms with E-state index in [0.717, 1.165) is 5.82 Å². The quantitative estimate of drug-likeness (QED) is 0.878. The molecule has 1 heterocycles. The molecular formula is C12H13ClN2O2. The molecule has 1 unspecified atom stereocenters. The number of nitrogens with zero attached hydrogens (tertiary/aromatic N) is 1. The fraction of sp³-hybridized carbons (Fsp3) is 0.250. The molecule has 0 spiro atoms. The second kappa shape index (κ2) is 5.21. The summed E-state index contributed by atoms with van der Waals surface area (Å²) in [5.41, 5.74) is 0.702. The Labute approximate surface area is 104 Å². The Balaban J connectivity index is 2.21. The lowest BCUT2D eigenvalue weighted by molar-refractivity contribution is 0.172. The zero-order valence-corrected chi connectivity index (χ0v) is 10.1. The third-order valence-corrected chi connectivity index (χ3v) is 2.73.